The van der Waals surface area contributed by atoms with Crippen LogP contribution in [0.15, 0.2) is 30.5 Å². The van der Waals surface area contributed by atoms with Gasteiger partial charge in [0.25, 0.3) is 0 Å². The van der Waals surface area contributed by atoms with Crippen LogP contribution in [-0.2, 0) is 12.0 Å². The molecule has 22 heavy (non-hydrogen) atoms. The van der Waals surface area contributed by atoms with Gasteiger partial charge in [0.05, 0.1) is 13.3 Å². The molecule has 0 unspecified atom stereocenters. The predicted molar refractivity (Wildman–Crippen MR) is 87.5 cm³/mol. The zero-order valence-electron chi connectivity index (χ0n) is 13.8. The molecule has 5 heteroatoms. The molecule has 1 aromatic heterocycles. The number of ether oxygens (including phenoxy) is 2. The Morgan fingerprint density at radius 3 is 2.59 bits per heavy atom. The number of nitrogens with one attached hydrogen (secondary N) is 2. The highest BCUT2D eigenvalue weighted by Crippen LogP contribution is 2.25. The lowest BCUT2D eigenvalue weighted by molar-refractivity contribution is 0.292. The summed E-state index contributed by atoms with van der Waals surface area (Å²) in [7, 11) is 1.65. The quantitative estimate of drug-likeness (QED) is 0.772. The predicted octanol–water partition coefficient (Wildman–Crippen LogP) is 2.88. The Bertz CT molecular complexity index is 588. The summed E-state index contributed by atoms with van der Waals surface area (Å²) in [6, 6.07) is 7.67. The van der Waals surface area contributed by atoms with Gasteiger partial charge in [-0.1, -0.05) is 32.9 Å². The van der Waals surface area contributed by atoms with Crippen molar-refractivity contribution in [1.82, 2.24) is 15.5 Å². The van der Waals surface area contributed by atoms with Crippen LogP contribution in [0.2, 0.25) is 0 Å². The van der Waals surface area contributed by atoms with E-state index >= 15 is 0 Å². The van der Waals surface area contributed by atoms with Gasteiger partial charge in [0, 0.05) is 29.8 Å². The Hall–Kier alpha value is -2.01. The SMILES string of the molecule is COc1ccccc1OCCNCc1cn[nH]c1C(C)(C)C. The largest absolute Gasteiger partial charge is 0.493 e. The van der Waals surface area contributed by atoms with Crippen LogP contribution in [0.5, 0.6) is 11.5 Å². The number of benzene rings is 1. The number of para-hydroxylation sites is 2. The van der Waals surface area contributed by atoms with Gasteiger partial charge in [-0.2, -0.15) is 5.10 Å². The molecule has 0 saturated carbocycles. The molecule has 120 valence electrons. The van der Waals surface area contributed by atoms with E-state index in [-0.39, 0.29) is 5.41 Å². The maximum absolute atomic E-state index is 5.73. The van der Waals surface area contributed by atoms with Crippen LogP contribution in [0.1, 0.15) is 32.0 Å². The summed E-state index contributed by atoms with van der Waals surface area (Å²) in [5, 5.41) is 10.6. The number of rotatable bonds is 7. The van der Waals surface area contributed by atoms with E-state index in [1.54, 1.807) is 7.11 Å². The molecule has 2 aromatic rings. The summed E-state index contributed by atoms with van der Waals surface area (Å²) in [6.07, 6.45) is 1.88. The second-order valence-electron chi connectivity index (χ2n) is 6.20. The van der Waals surface area contributed by atoms with Gasteiger partial charge in [0.1, 0.15) is 6.61 Å². The van der Waals surface area contributed by atoms with E-state index in [4.69, 9.17) is 9.47 Å². The van der Waals surface area contributed by atoms with E-state index in [2.05, 4.69) is 36.3 Å². The fraction of sp³-hybridized carbons (Fsp3) is 0.471. The summed E-state index contributed by atoms with van der Waals surface area (Å²) in [5.74, 6) is 1.53. The van der Waals surface area contributed by atoms with Crippen LogP contribution in [0, 0.1) is 0 Å². The average molecular weight is 303 g/mol. The number of aromatic amines is 1. The van der Waals surface area contributed by atoms with E-state index < -0.39 is 0 Å². The summed E-state index contributed by atoms with van der Waals surface area (Å²) in [5.41, 5.74) is 2.44. The van der Waals surface area contributed by atoms with E-state index in [0.717, 1.165) is 24.6 Å². The number of methoxy groups -OCH3 is 1. The zero-order chi connectivity index (χ0) is 16.0. The van der Waals surface area contributed by atoms with Crippen molar-refractivity contribution in [3.05, 3.63) is 41.7 Å². The minimum absolute atomic E-state index is 0.0709. The molecule has 0 amide bonds. The Balaban J connectivity index is 1.77. The Kier molecular flexibility index (Phi) is 5.44. The minimum atomic E-state index is 0.0709. The second-order valence-corrected chi connectivity index (χ2v) is 6.20. The molecule has 0 spiro atoms. The smallest absolute Gasteiger partial charge is 0.161 e. The molecule has 5 nitrogen and oxygen atoms in total. The standard InChI is InChI=1S/C17H25N3O2/c1-17(2,3)16-13(12-19-20-16)11-18-9-10-22-15-8-6-5-7-14(15)21-4/h5-8,12,18H,9-11H2,1-4H3,(H,19,20). The van der Waals surface area contributed by atoms with Gasteiger partial charge < -0.3 is 14.8 Å². The summed E-state index contributed by atoms with van der Waals surface area (Å²) >= 11 is 0. The lowest BCUT2D eigenvalue weighted by atomic mass is 9.89. The van der Waals surface area contributed by atoms with Crippen molar-refractivity contribution in [1.29, 1.82) is 0 Å². The molecule has 2 N–H and O–H groups in total. The lowest BCUT2D eigenvalue weighted by Gasteiger charge is -2.18. The first-order valence-corrected chi connectivity index (χ1v) is 7.51. The Labute approximate surface area is 132 Å². The maximum atomic E-state index is 5.73. The normalized spacial score (nSPS) is 11.5. The van der Waals surface area contributed by atoms with Gasteiger partial charge in [-0.3, -0.25) is 5.10 Å². The first-order chi connectivity index (χ1) is 10.5. The van der Waals surface area contributed by atoms with Crippen LogP contribution >= 0.6 is 0 Å². The molecule has 0 aliphatic rings. The van der Waals surface area contributed by atoms with Crippen molar-refractivity contribution < 1.29 is 9.47 Å². The number of nitrogens with zero attached hydrogens (tertiary/aromatic N) is 1. The Morgan fingerprint density at radius 2 is 1.91 bits per heavy atom. The van der Waals surface area contributed by atoms with Crippen molar-refractivity contribution in [2.75, 3.05) is 20.3 Å². The number of hydrogen-bond donors (Lipinski definition) is 2. The van der Waals surface area contributed by atoms with E-state index in [0.29, 0.717) is 6.61 Å². The van der Waals surface area contributed by atoms with Gasteiger partial charge in [-0.25, -0.2) is 0 Å². The van der Waals surface area contributed by atoms with Gasteiger partial charge in [-0.05, 0) is 12.1 Å². The molecule has 1 aromatic carbocycles. The van der Waals surface area contributed by atoms with Gasteiger partial charge in [0.2, 0.25) is 0 Å². The highest BCUT2D eigenvalue weighted by atomic mass is 16.5. The van der Waals surface area contributed by atoms with Crippen molar-refractivity contribution in [3.8, 4) is 11.5 Å². The minimum Gasteiger partial charge on any atom is -0.493 e. The van der Waals surface area contributed by atoms with E-state index in [9.17, 15) is 0 Å². The molecule has 0 aliphatic carbocycles. The van der Waals surface area contributed by atoms with Crippen molar-refractivity contribution in [3.63, 3.8) is 0 Å². The number of aromatic nitrogens is 2. The van der Waals surface area contributed by atoms with Crippen LogP contribution in [0.4, 0.5) is 0 Å². The molecule has 0 radical (unpaired) electrons. The third-order valence-electron chi connectivity index (χ3n) is 3.39. The van der Waals surface area contributed by atoms with E-state index in [1.807, 2.05) is 30.5 Å². The molecular weight excluding hydrogens is 278 g/mol. The van der Waals surface area contributed by atoms with Crippen LogP contribution in [0.3, 0.4) is 0 Å². The van der Waals surface area contributed by atoms with Crippen LogP contribution < -0.4 is 14.8 Å². The zero-order valence-corrected chi connectivity index (χ0v) is 13.8. The first kappa shape index (κ1) is 16.4. The summed E-state index contributed by atoms with van der Waals surface area (Å²) < 4.78 is 11.0. The fourth-order valence-electron chi connectivity index (χ4n) is 2.29. The third kappa shape index (κ3) is 4.24. The van der Waals surface area contributed by atoms with Gasteiger partial charge in [-0.15, -0.1) is 0 Å². The molecule has 0 bridgehead atoms. The Morgan fingerprint density at radius 1 is 1.18 bits per heavy atom. The van der Waals surface area contributed by atoms with Crippen LogP contribution in [-0.4, -0.2) is 30.5 Å². The summed E-state index contributed by atoms with van der Waals surface area (Å²) in [4.78, 5) is 0. The first-order valence-electron chi connectivity index (χ1n) is 7.51. The highest BCUT2D eigenvalue weighted by molar-refractivity contribution is 5.39. The monoisotopic (exact) mass is 303 g/mol. The van der Waals surface area contributed by atoms with Gasteiger partial charge >= 0.3 is 0 Å². The van der Waals surface area contributed by atoms with E-state index in [1.165, 1.54) is 11.3 Å². The van der Waals surface area contributed by atoms with Crippen molar-refractivity contribution in [2.45, 2.75) is 32.7 Å². The average Bonchev–Trinajstić information content (AvgIpc) is 2.96. The number of hydrogen-bond acceptors (Lipinski definition) is 4. The molecule has 0 aliphatic heterocycles. The van der Waals surface area contributed by atoms with Crippen molar-refractivity contribution in [2.24, 2.45) is 0 Å². The highest BCUT2D eigenvalue weighted by Gasteiger charge is 2.19. The van der Waals surface area contributed by atoms with Crippen molar-refractivity contribution >= 4 is 0 Å². The molecule has 2 rings (SSSR count). The van der Waals surface area contributed by atoms with Gasteiger partial charge in [0.15, 0.2) is 11.5 Å². The summed E-state index contributed by atoms with van der Waals surface area (Å²) in [6.45, 7) is 8.65. The molecule has 0 fully saturated rings. The molecule has 1 heterocycles. The number of H-pyrrole nitrogens is 1. The molecule has 0 atom stereocenters. The lowest BCUT2D eigenvalue weighted by Crippen LogP contribution is -2.23. The maximum Gasteiger partial charge on any atom is 0.161 e. The van der Waals surface area contributed by atoms with Crippen LogP contribution in [0.25, 0.3) is 0 Å². The topological polar surface area (TPSA) is 59.2 Å². The molecular formula is C17H25N3O2. The molecule has 0 saturated heterocycles. The third-order valence-corrected chi connectivity index (χ3v) is 3.39. The fourth-order valence-corrected chi connectivity index (χ4v) is 2.29. The second kappa shape index (κ2) is 7.31.